The maximum Gasteiger partial charge on any atom is 0.247 e. The van der Waals surface area contributed by atoms with Crippen molar-refractivity contribution in [2.45, 2.75) is 31.5 Å². The second kappa shape index (κ2) is 5.57. The van der Waals surface area contributed by atoms with Crippen molar-refractivity contribution >= 4 is 17.1 Å². The van der Waals surface area contributed by atoms with Gasteiger partial charge < -0.3 is 29.8 Å². The average Bonchev–Trinajstić information content (AvgIpc) is 3.09. The molecule has 0 radical (unpaired) electrons. The molecule has 0 bridgehead atoms. The average molecular weight is 323 g/mol. The molecule has 124 valence electrons. The van der Waals surface area contributed by atoms with E-state index in [2.05, 4.69) is 15.0 Å². The fourth-order valence-corrected chi connectivity index (χ4v) is 2.91. The van der Waals surface area contributed by atoms with Gasteiger partial charge in [-0.05, 0) is 6.92 Å². The number of rotatable bonds is 3. The van der Waals surface area contributed by atoms with Crippen LogP contribution in [-0.2, 0) is 14.2 Å². The van der Waals surface area contributed by atoms with E-state index in [1.165, 1.54) is 6.33 Å². The monoisotopic (exact) mass is 323 g/mol. The molecule has 4 atom stereocenters. The van der Waals surface area contributed by atoms with E-state index in [0.717, 1.165) is 0 Å². The van der Waals surface area contributed by atoms with E-state index in [4.69, 9.17) is 24.7 Å². The lowest BCUT2D eigenvalue weighted by atomic mass is 10.1. The number of hydrogen-bond acceptors (Lipinski definition) is 9. The van der Waals surface area contributed by atoms with Crippen molar-refractivity contribution in [3.63, 3.8) is 0 Å². The highest BCUT2D eigenvalue weighted by Gasteiger charge is 2.47. The zero-order valence-corrected chi connectivity index (χ0v) is 12.5. The molecule has 4 rings (SSSR count). The first-order chi connectivity index (χ1) is 11.2. The van der Waals surface area contributed by atoms with Gasteiger partial charge >= 0.3 is 0 Å². The second-order valence-corrected chi connectivity index (χ2v) is 5.32. The summed E-state index contributed by atoms with van der Waals surface area (Å²) in [7, 11) is 0. The molecule has 10 nitrogen and oxygen atoms in total. The highest BCUT2D eigenvalue weighted by molar-refractivity contribution is 5.77. The normalized spacial score (nSPS) is 30.5. The van der Waals surface area contributed by atoms with Crippen molar-refractivity contribution in [2.75, 3.05) is 25.7 Å². The van der Waals surface area contributed by atoms with E-state index in [-0.39, 0.29) is 18.8 Å². The lowest BCUT2D eigenvalue weighted by Crippen LogP contribution is -2.41. The Morgan fingerprint density at radius 1 is 1.48 bits per heavy atom. The number of aliphatic hydroxyl groups excluding tert-OH is 1. The minimum Gasteiger partial charge on any atom is -0.476 e. The van der Waals surface area contributed by atoms with Crippen LogP contribution in [0.25, 0.3) is 11.2 Å². The predicted octanol–water partition coefficient (Wildman–Crippen LogP) is -0.562. The molecule has 23 heavy (non-hydrogen) atoms. The quantitative estimate of drug-likeness (QED) is 0.764. The molecule has 4 heterocycles. The first-order valence-corrected chi connectivity index (χ1v) is 7.34. The van der Waals surface area contributed by atoms with Crippen LogP contribution in [0.2, 0.25) is 0 Å². The van der Waals surface area contributed by atoms with Crippen molar-refractivity contribution in [1.82, 2.24) is 19.5 Å². The summed E-state index contributed by atoms with van der Waals surface area (Å²) in [6.07, 6.45) is -0.829. The zero-order valence-electron chi connectivity index (χ0n) is 12.5. The number of anilines is 1. The predicted molar refractivity (Wildman–Crippen MR) is 76.5 cm³/mol. The van der Waals surface area contributed by atoms with Gasteiger partial charge in [0.1, 0.15) is 25.1 Å². The summed E-state index contributed by atoms with van der Waals surface area (Å²) >= 11 is 0. The number of nitrogens with zero attached hydrogens (tertiary/aromatic N) is 4. The molecule has 2 aliphatic heterocycles. The van der Waals surface area contributed by atoms with Crippen LogP contribution in [0.4, 0.5) is 5.95 Å². The SMILES string of the molecule is CCOc1nc(N)nc2c1ncn2[C@@H]1O[C@@H]2COCO[C@H]2[C@H]1O. The minimum absolute atomic E-state index is 0.0622. The molecule has 0 spiro atoms. The largest absolute Gasteiger partial charge is 0.476 e. The van der Waals surface area contributed by atoms with E-state index >= 15 is 0 Å². The molecule has 3 N–H and O–H groups in total. The van der Waals surface area contributed by atoms with Gasteiger partial charge in [-0.15, -0.1) is 0 Å². The Bertz CT molecular complexity index is 722. The van der Waals surface area contributed by atoms with E-state index in [9.17, 15) is 5.11 Å². The van der Waals surface area contributed by atoms with E-state index < -0.39 is 18.4 Å². The Kier molecular flexibility index (Phi) is 3.53. The van der Waals surface area contributed by atoms with Crippen molar-refractivity contribution in [2.24, 2.45) is 0 Å². The van der Waals surface area contributed by atoms with Gasteiger partial charge in [-0.3, -0.25) is 4.57 Å². The lowest BCUT2D eigenvalue weighted by Gasteiger charge is -2.25. The summed E-state index contributed by atoms with van der Waals surface area (Å²) < 4.78 is 23.5. The first kappa shape index (κ1) is 14.6. The summed E-state index contributed by atoms with van der Waals surface area (Å²) in [5.74, 6) is 0.366. The molecule has 0 aliphatic carbocycles. The third-order valence-corrected chi connectivity index (χ3v) is 3.90. The van der Waals surface area contributed by atoms with E-state index in [1.807, 2.05) is 6.92 Å². The van der Waals surface area contributed by atoms with Gasteiger partial charge in [0.25, 0.3) is 0 Å². The van der Waals surface area contributed by atoms with Crippen LogP contribution in [0.15, 0.2) is 6.33 Å². The standard InChI is InChI=1S/C13H17N5O5/c1-2-21-11-7-10(16-13(14)17-11)18(4-15-7)12-8(19)9-6(23-12)3-20-5-22-9/h4,6,8-9,12,19H,2-3,5H2,1H3,(H2,14,16,17)/t6-,8-,9-,12-/m1/s1. The summed E-state index contributed by atoms with van der Waals surface area (Å²) in [5, 5.41) is 10.5. The molecule has 10 heteroatoms. The lowest BCUT2D eigenvalue weighted by molar-refractivity contribution is -0.189. The van der Waals surface area contributed by atoms with Gasteiger partial charge in [-0.25, -0.2) is 4.98 Å². The summed E-state index contributed by atoms with van der Waals surface area (Å²) in [4.78, 5) is 12.5. The number of imidazole rings is 1. The summed E-state index contributed by atoms with van der Waals surface area (Å²) in [6, 6.07) is 0. The summed E-state index contributed by atoms with van der Waals surface area (Å²) in [5.41, 5.74) is 6.64. The Balaban J connectivity index is 1.74. The fourth-order valence-electron chi connectivity index (χ4n) is 2.91. The van der Waals surface area contributed by atoms with Crippen LogP contribution in [0.1, 0.15) is 13.2 Å². The van der Waals surface area contributed by atoms with Crippen molar-refractivity contribution in [1.29, 1.82) is 0 Å². The molecule has 2 aromatic rings. The molecule has 0 aromatic carbocycles. The number of ether oxygens (including phenoxy) is 4. The number of nitrogen functional groups attached to an aromatic ring is 1. The topological polar surface area (TPSA) is 127 Å². The maximum absolute atomic E-state index is 10.5. The first-order valence-electron chi connectivity index (χ1n) is 7.34. The second-order valence-electron chi connectivity index (χ2n) is 5.32. The fraction of sp³-hybridized carbons (Fsp3) is 0.615. The highest BCUT2D eigenvalue weighted by atomic mass is 16.7. The summed E-state index contributed by atoms with van der Waals surface area (Å²) in [6.45, 7) is 2.78. The highest BCUT2D eigenvalue weighted by Crippen LogP contribution is 2.35. The van der Waals surface area contributed by atoms with Crippen LogP contribution in [-0.4, -0.2) is 62.9 Å². The van der Waals surface area contributed by atoms with E-state index in [1.54, 1.807) is 4.57 Å². The Labute approximate surface area is 131 Å². The van der Waals surface area contributed by atoms with Gasteiger partial charge in [0.05, 0.1) is 19.5 Å². The molecule has 2 aliphatic rings. The van der Waals surface area contributed by atoms with Crippen LogP contribution in [0.5, 0.6) is 5.88 Å². The number of nitrogens with two attached hydrogens (primary N) is 1. The van der Waals surface area contributed by atoms with Crippen molar-refractivity contribution in [3.05, 3.63) is 6.33 Å². The minimum atomic E-state index is -0.868. The van der Waals surface area contributed by atoms with Gasteiger partial charge in [-0.1, -0.05) is 0 Å². The van der Waals surface area contributed by atoms with Gasteiger partial charge in [-0.2, -0.15) is 9.97 Å². The van der Waals surface area contributed by atoms with Gasteiger partial charge in [0, 0.05) is 0 Å². The van der Waals surface area contributed by atoms with Crippen LogP contribution in [0, 0.1) is 0 Å². The molecule has 0 saturated carbocycles. The van der Waals surface area contributed by atoms with Crippen LogP contribution < -0.4 is 10.5 Å². The molecular weight excluding hydrogens is 306 g/mol. The molecular formula is C13H17N5O5. The third-order valence-electron chi connectivity index (χ3n) is 3.90. The Morgan fingerprint density at radius 2 is 2.35 bits per heavy atom. The molecule has 0 amide bonds. The molecule has 2 saturated heterocycles. The number of aromatic nitrogens is 4. The zero-order chi connectivity index (χ0) is 16.0. The number of aliphatic hydroxyl groups is 1. The van der Waals surface area contributed by atoms with Crippen molar-refractivity contribution in [3.8, 4) is 5.88 Å². The Morgan fingerprint density at radius 3 is 3.13 bits per heavy atom. The van der Waals surface area contributed by atoms with E-state index in [0.29, 0.717) is 30.3 Å². The Hall–Kier alpha value is -2.01. The van der Waals surface area contributed by atoms with Crippen LogP contribution >= 0.6 is 0 Å². The molecule has 2 aromatic heterocycles. The molecule has 0 unspecified atom stereocenters. The molecule has 2 fully saturated rings. The van der Waals surface area contributed by atoms with Crippen LogP contribution in [0.3, 0.4) is 0 Å². The smallest absolute Gasteiger partial charge is 0.247 e. The third kappa shape index (κ3) is 2.30. The van der Waals surface area contributed by atoms with Crippen molar-refractivity contribution < 1.29 is 24.1 Å². The number of fused-ring (bicyclic) bond motifs is 2. The number of hydrogen-bond donors (Lipinski definition) is 2. The van der Waals surface area contributed by atoms with Gasteiger partial charge in [0.15, 0.2) is 17.4 Å². The maximum atomic E-state index is 10.5. The van der Waals surface area contributed by atoms with Gasteiger partial charge in [0.2, 0.25) is 11.8 Å².